The molecule has 1 amide bonds. The summed E-state index contributed by atoms with van der Waals surface area (Å²) in [6.07, 6.45) is 0.653. The molecule has 1 unspecified atom stereocenters. The van der Waals surface area contributed by atoms with Gasteiger partial charge in [-0.3, -0.25) is 0 Å². The normalized spacial score (nSPS) is 12.1. The zero-order chi connectivity index (χ0) is 16.7. The monoisotopic (exact) mass is 421 g/mol. The molecular formula is C18H20IN3O. The van der Waals surface area contributed by atoms with Crippen molar-refractivity contribution in [2.24, 2.45) is 0 Å². The molecule has 0 saturated carbocycles. The van der Waals surface area contributed by atoms with E-state index in [2.05, 4.69) is 24.8 Å². The van der Waals surface area contributed by atoms with Crippen molar-refractivity contribution >= 4 is 31.7 Å². The number of nitrogens with one attached hydrogen (secondary N) is 2. The number of anilines is 1. The van der Waals surface area contributed by atoms with Crippen LogP contribution in [0.15, 0.2) is 54.6 Å². The summed E-state index contributed by atoms with van der Waals surface area (Å²) in [6, 6.07) is 18.8. The van der Waals surface area contributed by atoms with E-state index in [9.17, 15) is 4.79 Å². The molecule has 2 aromatic carbocycles. The van der Waals surface area contributed by atoms with Crippen molar-refractivity contribution in [3.63, 3.8) is 0 Å². The van der Waals surface area contributed by atoms with Gasteiger partial charge in [-0.2, -0.15) is 0 Å². The average Bonchev–Trinajstić information content (AvgIpc) is 2.55. The van der Waals surface area contributed by atoms with Gasteiger partial charge in [0.2, 0.25) is 0 Å². The summed E-state index contributed by atoms with van der Waals surface area (Å²) in [5, 5.41) is 11.9. The summed E-state index contributed by atoms with van der Waals surface area (Å²) >= 11 is -1.28. The van der Waals surface area contributed by atoms with Crippen LogP contribution in [-0.4, -0.2) is 21.8 Å². The number of carbonyl (C=O) groups is 1. The van der Waals surface area contributed by atoms with Crippen molar-refractivity contribution in [3.8, 4) is 6.07 Å². The van der Waals surface area contributed by atoms with Crippen LogP contribution in [0.3, 0.4) is 0 Å². The Morgan fingerprint density at radius 1 is 1.17 bits per heavy atom. The van der Waals surface area contributed by atoms with E-state index in [1.165, 1.54) is 0 Å². The van der Waals surface area contributed by atoms with Crippen molar-refractivity contribution in [1.82, 2.24) is 3.53 Å². The van der Waals surface area contributed by atoms with Gasteiger partial charge in [-0.25, -0.2) is 0 Å². The van der Waals surface area contributed by atoms with Gasteiger partial charge >= 0.3 is 145 Å². The number of carbonyl (C=O) groups excluding carboxylic acids is 1. The first kappa shape index (κ1) is 17.4. The van der Waals surface area contributed by atoms with Crippen LogP contribution in [0.2, 0.25) is 0 Å². The molecule has 0 saturated heterocycles. The number of rotatable bonds is 6. The first-order chi connectivity index (χ1) is 11.1. The summed E-state index contributed by atoms with van der Waals surface area (Å²) in [7, 11) is 0. The fraction of sp³-hybridized carbons (Fsp3) is 0.222. The van der Waals surface area contributed by atoms with E-state index < -0.39 is 20.1 Å². The molecule has 0 fully saturated rings. The second-order valence-corrected chi connectivity index (χ2v) is 10.2. The minimum atomic E-state index is -1.28. The van der Waals surface area contributed by atoms with Crippen molar-refractivity contribution in [1.29, 1.82) is 5.26 Å². The van der Waals surface area contributed by atoms with Crippen molar-refractivity contribution in [2.45, 2.75) is 12.5 Å². The van der Waals surface area contributed by atoms with Crippen molar-refractivity contribution in [2.75, 3.05) is 15.2 Å². The molecule has 2 N–H and O–H groups in total. The summed E-state index contributed by atoms with van der Waals surface area (Å²) in [6.45, 7) is 0. The summed E-state index contributed by atoms with van der Waals surface area (Å²) < 4.78 is 3.46. The zero-order valence-electron chi connectivity index (χ0n) is 13.2. The Labute approximate surface area is 144 Å². The maximum absolute atomic E-state index is 12.6. The van der Waals surface area contributed by atoms with E-state index in [1.54, 1.807) is 24.3 Å². The topological polar surface area (TPSA) is 64.9 Å². The average molecular weight is 421 g/mol. The van der Waals surface area contributed by atoms with Crippen LogP contribution in [0.1, 0.15) is 11.1 Å². The standard InChI is InChI=1S/C18H20IN3O/c1-19(2)22-17(12-14-7-4-3-5-8-14)18(23)21-16-10-6-9-15(11-16)13-20/h3-11,17,22H,12H2,1-2H3,(H,21,23). The molecule has 0 aromatic heterocycles. The number of benzene rings is 2. The van der Waals surface area contributed by atoms with E-state index in [0.717, 1.165) is 5.56 Å². The second kappa shape index (κ2) is 8.65. The van der Waals surface area contributed by atoms with E-state index in [1.807, 2.05) is 30.3 Å². The molecular weight excluding hydrogens is 401 g/mol. The summed E-state index contributed by atoms with van der Waals surface area (Å²) in [5.74, 6) is -0.0602. The predicted octanol–water partition coefficient (Wildman–Crippen LogP) is 3.38. The van der Waals surface area contributed by atoms with Crippen LogP contribution in [0.5, 0.6) is 0 Å². The maximum atomic E-state index is 12.6. The molecule has 4 nitrogen and oxygen atoms in total. The SMILES string of the molecule is CI(C)NC(Cc1ccccc1)C(=O)Nc1cccc(C#N)c1. The summed E-state index contributed by atoms with van der Waals surface area (Å²) in [4.78, 5) is 17.0. The van der Waals surface area contributed by atoms with Gasteiger partial charge in [-0.1, -0.05) is 0 Å². The van der Waals surface area contributed by atoms with Crippen LogP contribution in [-0.2, 0) is 11.2 Å². The third-order valence-corrected chi connectivity index (χ3v) is 5.21. The quantitative estimate of drug-likeness (QED) is 0.427. The van der Waals surface area contributed by atoms with Gasteiger partial charge in [0.1, 0.15) is 0 Å². The van der Waals surface area contributed by atoms with E-state index in [-0.39, 0.29) is 11.9 Å². The van der Waals surface area contributed by atoms with E-state index in [4.69, 9.17) is 5.26 Å². The van der Waals surface area contributed by atoms with E-state index >= 15 is 0 Å². The van der Waals surface area contributed by atoms with Crippen LogP contribution in [0.4, 0.5) is 5.69 Å². The first-order valence-electron chi connectivity index (χ1n) is 7.19. The predicted molar refractivity (Wildman–Crippen MR) is 103 cm³/mol. The van der Waals surface area contributed by atoms with Gasteiger partial charge in [-0.05, 0) is 0 Å². The van der Waals surface area contributed by atoms with Gasteiger partial charge in [0.15, 0.2) is 0 Å². The molecule has 2 aromatic rings. The summed E-state index contributed by atoms with van der Waals surface area (Å²) in [5.41, 5.74) is 2.32. The molecule has 5 heteroatoms. The Balaban J connectivity index is 2.11. The van der Waals surface area contributed by atoms with Crippen LogP contribution < -0.4 is 8.85 Å². The number of nitrogens with zero attached hydrogens (tertiary/aromatic N) is 1. The van der Waals surface area contributed by atoms with Crippen LogP contribution in [0, 0.1) is 11.3 Å². The first-order valence-corrected chi connectivity index (χ1v) is 12.6. The van der Waals surface area contributed by atoms with E-state index in [0.29, 0.717) is 17.7 Å². The van der Waals surface area contributed by atoms with Gasteiger partial charge < -0.3 is 0 Å². The van der Waals surface area contributed by atoms with Gasteiger partial charge in [-0.15, -0.1) is 0 Å². The number of alkyl halides is 2. The van der Waals surface area contributed by atoms with Gasteiger partial charge in [0.05, 0.1) is 0 Å². The van der Waals surface area contributed by atoms with Crippen LogP contribution in [0.25, 0.3) is 0 Å². The second-order valence-electron chi connectivity index (χ2n) is 5.29. The Bertz CT molecular complexity index is 695. The molecule has 0 bridgehead atoms. The molecule has 0 radical (unpaired) electrons. The molecule has 0 heterocycles. The van der Waals surface area contributed by atoms with Gasteiger partial charge in [0, 0.05) is 0 Å². The molecule has 2 rings (SSSR count). The number of nitriles is 1. The van der Waals surface area contributed by atoms with Crippen molar-refractivity contribution in [3.05, 3.63) is 65.7 Å². The van der Waals surface area contributed by atoms with Gasteiger partial charge in [0.25, 0.3) is 0 Å². The molecule has 0 aliphatic heterocycles. The fourth-order valence-electron chi connectivity index (χ4n) is 2.19. The molecule has 0 spiro atoms. The molecule has 0 aliphatic rings. The molecule has 1 atom stereocenters. The zero-order valence-corrected chi connectivity index (χ0v) is 15.4. The molecule has 120 valence electrons. The molecule has 0 aliphatic carbocycles. The van der Waals surface area contributed by atoms with Crippen LogP contribution >= 0.6 is 20.1 Å². The number of hydrogen-bond acceptors (Lipinski definition) is 3. The Morgan fingerprint density at radius 2 is 1.91 bits per heavy atom. The Morgan fingerprint density at radius 3 is 2.57 bits per heavy atom. The van der Waals surface area contributed by atoms with Crippen molar-refractivity contribution < 1.29 is 4.79 Å². The fourth-order valence-corrected chi connectivity index (χ4v) is 4.20. The number of halogens is 1. The minimum absolute atomic E-state index is 0.0602. The number of amides is 1. The molecule has 23 heavy (non-hydrogen) atoms. The number of hydrogen-bond donors (Lipinski definition) is 2. The Kier molecular flexibility index (Phi) is 6.56. The third-order valence-electron chi connectivity index (χ3n) is 3.21. The third kappa shape index (κ3) is 5.66. The Hall–Kier alpha value is -1.91.